The van der Waals surface area contributed by atoms with Gasteiger partial charge >= 0.3 is 0 Å². The first-order valence-corrected chi connectivity index (χ1v) is 12.3. The second kappa shape index (κ2) is 9.83. The van der Waals surface area contributed by atoms with Gasteiger partial charge < -0.3 is 9.47 Å². The van der Waals surface area contributed by atoms with E-state index in [1.165, 1.54) is 12.8 Å². The summed E-state index contributed by atoms with van der Waals surface area (Å²) in [6, 6.07) is 6.98. The molecule has 1 atom stereocenters. The van der Waals surface area contributed by atoms with Crippen molar-refractivity contribution in [3.63, 3.8) is 0 Å². The van der Waals surface area contributed by atoms with Crippen LogP contribution >= 0.6 is 0 Å². The van der Waals surface area contributed by atoms with Gasteiger partial charge in [-0.05, 0) is 43.4 Å². The molecule has 0 spiro atoms. The highest BCUT2D eigenvalue weighted by Gasteiger charge is 2.22. The molecular weight excluding hydrogens is 394 g/mol. The van der Waals surface area contributed by atoms with Crippen molar-refractivity contribution >= 4 is 20.1 Å². The topological polar surface area (TPSA) is 108 Å². The van der Waals surface area contributed by atoms with Gasteiger partial charge in [-0.1, -0.05) is 12.1 Å². The van der Waals surface area contributed by atoms with Crippen LogP contribution in [-0.2, 0) is 29.1 Å². The summed E-state index contributed by atoms with van der Waals surface area (Å²) in [6.07, 6.45) is 3.35. The summed E-state index contributed by atoms with van der Waals surface area (Å²) in [4.78, 5) is 0. The third-order valence-electron chi connectivity index (χ3n) is 3.92. The lowest BCUT2D eigenvalue weighted by molar-refractivity contribution is 0.113. The van der Waals surface area contributed by atoms with Crippen LogP contribution in [0.3, 0.4) is 0 Å². The molecule has 0 aliphatic heterocycles. The summed E-state index contributed by atoms with van der Waals surface area (Å²) >= 11 is 0. The Kier molecular flexibility index (Phi) is 8.04. The van der Waals surface area contributed by atoms with Crippen LogP contribution in [0.4, 0.5) is 0 Å². The predicted octanol–water partition coefficient (Wildman–Crippen LogP) is 1.45. The number of nitrogens with one attached hydrogen (secondary N) is 1. The van der Waals surface area contributed by atoms with Crippen molar-refractivity contribution in [1.29, 1.82) is 0 Å². The first-order valence-electron chi connectivity index (χ1n) is 8.79. The molecule has 0 amide bonds. The third-order valence-corrected chi connectivity index (χ3v) is 5.93. The fraction of sp³-hybridized carbons (Fsp3) is 0.647. The Bertz CT molecular complexity index is 804. The number of benzene rings is 1. The molecular formula is C17H27NO7S2. The normalized spacial score (nSPS) is 16.2. The van der Waals surface area contributed by atoms with E-state index in [2.05, 4.69) is 8.91 Å². The molecule has 27 heavy (non-hydrogen) atoms. The van der Waals surface area contributed by atoms with Crippen molar-refractivity contribution in [2.75, 3.05) is 38.4 Å². The maximum Gasteiger partial charge on any atom is 0.264 e. The quantitative estimate of drug-likeness (QED) is 0.379. The summed E-state index contributed by atoms with van der Waals surface area (Å²) in [6.45, 7) is 2.26. The van der Waals surface area contributed by atoms with Gasteiger partial charge in [-0.25, -0.2) is 13.1 Å². The highest BCUT2D eigenvalue weighted by Crippen LogP contribution is 2.30. The molecule has 1 saturated carbocycles. The van der Waals surface area contributed by atoms with Crippen LogP contribution in [0.25, 0.3) is 0 Å². The Balaban J connectivity index is 1.74. The van der Waals surface area contributed by atoms with Crippen molar-refractivity contribution in [3.8, 4) is 5.75 Å². The monoisotopic (exact) mass is 421 g/mol. The van der Waals surface area contributed by atoms with Crippen LogP contribution in [0.5, 0.6) is 5.75 Å². The number of sulfonamides is 1. The van der Waals surface area contributed by atoms with E-state index < -0.39 is 26.2 Å². The summed E-state index contributed by atoms with van der Waals surface area (Å²) in [5, 5.41) is 0. The number of rotatable bonds is 13. The maximum absolute atomic E-state index is 12.2. The Morgan fingerprint density at radius 1 is 1.15 bits per heavy atom. The average Bonchev–Trinajstić information content (AvgIpc) is 3.39. The number of ether oxygens (including phenoxy) is 2. The summed E-state index contributed by atoms with van der Waals surface area (Å²) in [7, 11) is -7.06. The molecule has 0 radical (unpaired) electrons. The zero-order valence-corrected chi connectivity index (χ0v) is 17.2. The molecule has 0 aromatic heterocycles. The lowest BCUT2D eigenvalue weighted by Crippen LogP contribution is -2.31. The van der Waals surface area contributed by atoms with Crippen molar-refractivity contribution in [3.05, 3.63) is 29.8 Å². The summed E-state index contributed by atoms with van der Waals surface area (Å²) < 4.78 is 63.8. The Hall–Kier alpha value is -1.20. The predicted molar refractivity (Wildman–Crippen MR) is 102 cm³/mol. The van der Waals surface area contributed by atoms with E-state index in [1.807, 2.05) is 24.3 Å². The van der Waals surface area contributed by atoms with Crippen LogP contribution in [0, 0.1) is 5.92 Å². The van der Waals surface area contributed by atoms with Crippen LogP contribution in [0.15, 0.2) is 24.3 Å². The zero-order valence-electron chi connectivity index (χ0n) is 15.6. The van der Waals surface area contributed by atoms with Crippen LogP contribution in [0.2, 0.25) is 0 Å². The minimum absolute atomic E-state index is 0.00147. The highest BCUT2D eigenvalue weighted by molar-refractivity contribution is 7.89. The van der Waals surface area contributed by atoms with Gasteiger partial charge in [0, 0.05) is 6.04 Å². The van der Waals surface area contributed by atoms with E-state index in [4.69, 9.17) is 9.47 Å². The number of hydrogen-bond acceptors (Lipinski definition) is 7. The lowest BCUT2D eigenvalue weighted by atomic mass is 10.1. The second-order valence-corrected chi connectivity index (χ2v) is 10.1. The molecule has 10 heteroatoms. The van der Waals surface area contributed by atoms with Crippen molar-refractivity contribution in [2.45, 2.75) is 25.8 Å². The Labute approximate surface area is 161 Å². The zero-order chi connectivity index (χ0) is 19.9. The van der Waals surface area contributed by atoms with Crippen molar-refractivity contribution in [1.82, 2.24) is 4.72 Å². The molecule has 0 saturated heterocycles. The molecule has 1 N–H and O–H groups in total. The summed E-state index contributed by atoms with van der Waals surface area (Å²) in [5.41, 5.74) is 0.814. The third kappa shape index (κ3) is 9.52. The molecule has 154 valence electrons. The van der Waals surface area contributed by atoms with Crippen LogP contribution in [-0.4, -0.2) is 55.3 Å². The van der Waals surface area contributed by atoms with Gasteiger partial charge in [0.15, 0.2) is 0 Å². The number of hydrogen-bond donors (Lipinski definition) is 1. The highest BCUT2D eigenvalue weighted by atomic mass is 32.2. The summed E-state index contributed by atoms with van der Waals surface area (Å²) in [5.74, 6) is 1.15. The molecule has 1 aliphatic rings. The molecule has 1 fully saturated rings. The van der Waals surface area contributed by atoms with Crippen LogP contribution < -0.4 is 9.46 Å². The maximum atomic E-state index is 12.2. The Morgan fingerprint density at radius 3 is 2.56 bits per heavy atom. The fourth-order valence-corrected chi connectivity index (χ4v) is 3.78. The molecule has 0 heterocycles. The first kappa shape index (κ1) is 22.1. The molecule has 0 bridgehead atoms. The molecule has 1 aromatic rings. The van der Waals surface area contributed by atoms with E-state index in [9.17, 15) is 16.8 Å². The van der Waals surface area contributed by atoms with Crippen molar-refractivity contribution in [2.24, 2.45) is 5.92 Å². The van der Waals surface area contributed by atoms with E-state index in [0.29, 0.717) is 12.5 Å². The minimum Gasteiger partial charge on any atom is -0.493 e. The second-order valence-electron chi connectivity index (χ2n) is 6.62. The first-order chi connectivity index (χ1) is 12.6. The molecule has 8 nitrogen and oxygen atoms in total. The van der Waals surface area contributed by atoms with Crippen molar-refractivity contribution < 1.29 is 30.5 Å². The van der Waals surface area contributed by atoms with Gasteiger partial charge in [0.2, 0.25) is 10.0 Å². The molecule has 1 aromatic carbocycles. The van der Waals surface area contributed by atoms with Crippen LogP contribution in [0.1, 0.15) is 31.4 Å². The smallest absolute Gasteiger partial charge is 0.264 e. The average molecular weight is 422 g/mol. The van der Waals surface area contributed by atoms with E-state index >= 15 is 0 Å². The molecule has 1 unspecified atom stereocenters. The van der Waals surface area contributed by atoms with E-state index in [-0.39, 0.29) is 25.6 Å². The van der Waals surface area contributed by atoms with Gasteiger partial charge in [0.1, 0.15) is 5.75 Å². The van der Waals surface area contributed by atoms with Gasteiger partial charge in [-0.15, -0.1) is 0 Å². The lowest BCUT2D eigenvalue weighted by Gasteiger charge is -2.16. The molecule has 1 aliphatic carbocycles. The largest absolute Gasteiger partial charge is 0.493 e. The molecule has 2 rings (SSSR count). The fourth-order valence-electron chi connectivity index (χ4n) is 2.28. The Morgan fingerprint density at radius 2 is 1.89 bits per heavy atom. The van der Waals surface area contributed by atoms with Gasteiger partial charge in [-0.2, -0.15) is 8.42 Å². The van der Waals surface area contributed by atoms with Gasteiger partial charge in [0.25, 0.3) is 10.1 Å². The minimum atomic E-state index is -3.55. The van der Waals surface area contributed by atoms with Gasteiger partial charge in [0.05, 0.1) is 38.4 Å². The SMILES string of the molecule is CC(NS(=O)(=O)CCOCCOS(C)(=O)=O)c1cccc(OCC2CC2)c1. The van der Waals surface area contributed by atoms with E-state index in [0.717, 1.165) is 17.6 Å². The van der Waals surface area contributed by atoms with Gasteiger partial charge in [-0.3, -0.25) is 4.18 Å². The van der Waals surface area contributed by atoms with E-state index in [1.54, 1.807) is 6.92 Å². The standard InChI is InChI=1S/C17H27NO7S2/c1-14(16-4-3-5-17(12-16)24-13-15-6-7-15)18-27(21,22)11-10-23-8-9-25-26(2,19)20/h3-5,12,14-15,18H,6-11,13H2,1-2H3.